The molecule has 2 aromatic rings. The molecular formula is C16H20N4O2. The highest BCUT2D eigenvalue weighted by Gasteiger charge is 2.25. The predicted molar refractivity (Wildman–Crippen MR) is 84.1 cm³/mol. The summed E-state index contributed by atoms with van der Waals surface area (Å²) in [6, 6.07) is 7.26. The van der Waals surface area contributed by atoms with Gasteiger partial charge in [0.25, 0.3) is 0 Å². The van der Waals surface area contributed by atoms with Crippen LogP contribution >= 0.6 is 0 Å². The second-order valence-corrected chi connectivity index (χ2v) is 5.47. The van der Waals surface area contributed by atoms with Gasteiger partial charge in [-0.1, -0.05) is 6.07 Å². The summed E-state index contributed by atoms with van der Waals surface area (Å²) in [6.45, 7) is 3.31. The van der Waals surface area contributed by atoms with Crippen LogP contribution in [0.25, 0.3) is 0 Å². The average Bonchev–Trinajstić information content (AvgIpc) is 2.81. The molecule has 22 heavy (non-hydrogen) atoms. The van der Waals surface area contributed by atoms with E-state index in [9.17, 15) is 4.79 Å². The van der Waals surface area contributed by atoms with Crippen LogP contribution in [0.3, 0.4) is 0 Å². The Morgan fingerprint density at radius 3 is 3.00 bits per heavy atom. The fourth-order valence-corrected chi connectivity index (χ4v) is 2.86. The van der Waals surface area contributed by atoms with Gasteiger partial charge in [0.15, 0.2) is 0 Å². The summed E-state index contributed by atoms with van der Waals surface area (Å²) in [6.07, 6.45) is 0.848. The molecule has 2 amide bonds. The molecule has 0 bridgehead atoms. The zero-order chi connectivity index (χ0) is 15.7. The van der Waals surface area contributed by atoms with Crippen molar-refractivity contribution in [1.29, 1.82) is 0 Å². The van der Waals surface area contributed by atoms with Crippen molar-refractivity contribution in [3.05, 3.63) is 41.2 Å². The SMILES string of the molecule is COc1cccc(NC(=O)N2CCc3c(C)nn(C)c3C2)c1. The number of hydrogen-bond acceptors (Lipinski definition) is 3. The van der Waals surface area contributed by atoms with E-state index in [1.54, 1.807) is 7.11 Å². The van der Waals surface area contributed by atoms with E-state index in [1.165, 1.54) is 5.56 Å². The summed E-state index contributed by atoms with van der Waals surface area (Å²) in [7, 11) is 3.53. The van der Waals surface area contributed by atoms with Crippen molar-refractivity contribution in [1.82, 2.24) is 14.7 Å². The minimum absolute atomic E-state index is 0.0993. The number of urea groups is 1. The van der Waals surface area contributed by atoms with Gasteiger partial charge in [0.05, 0.1) is 25.0 Å². The molecule has 6 nitrogen and oxygen atoms in total. The summed E-state index contributed by atoms with van der Waals surface area (Å²) >= 11 is 0. The summed E-state index contributed by atoms with van der Waals surface area (Å²) in [5.74, 6) is 0.723. The minimum atomic E-state index is -0.0993. The van der Waals surface area contributed by atoms with Gasteiger partial charge in [0.1, 0.15) is 5.75 Å². The molecule has 1 aliphatic heterocycles. The van der Waals surface area contributed by atoms with Crippen molar-refractivity contribution in [2.75, 3.05) is 19.0 Å². The molecule has 0 aliphatic carbocycles. The lowest BCUT2D eigenvalue weighted by Gasteiger charge is -2.27. The lowest BCUT2D eigenvalue weighted by Crippen LogP contribution is -2.39. The number of ether oxygens (including phenoxy) is 1. The first-order valence-corrected chi connectivity index (χ1v) is 7.30. The molecule has 0 spiro atoms. The number of anilines is 1. The quantitative estimate of drug-likeness (QED) is 0.926. The second kappa shape index (κ2) is 5.71. The standard InChI is InChI=1S/C16H20N4O2/c1-11-14-7-8-20(10-15(14)19(2)18-11)16(21)17-12-5-4-6-13(9-12)22-3/h4-6,9H,7-8,10H2,1-3H3,(H,17,21). The van der Waals surface area contributed by atoms with Crippen LogP contribution in [0.5, 0.6) is 5.75 Å². The Balaban J connectivity index is 1.72. The Kier molecular flexibility index (Phi) is 3.75. The summed E-state index contributed by atoms with van der Waals surface area (Å²) in [5, 5.41) is 7.36. The van der Waals surface area contributed by atoms with Gasteiger partial charge in [-0.2, -0.15) is 5.10 Å². The van der Waals surface area contributed by atoms with Gasteiger partial charge < -0.3 is 15.0 Å². The fraction of sp³-hybridized carbons (Fsp3) is 0.375. The van der Waals surface area contributed by atoms with E-state index in [2.05, 4.69) is 10.4 Å². The number of aromatic nitrogens is 2. The molecule has 0 fully saturated rings. The maximum Gasteiger partial charge on any atom is 0.322 e. The van der Waals surface area contributed by atoms with E-state index in [4.69, 9.17) is 4.74 Å². The molecule has 1 aromatic heterocycles. The monoisotopic (exact) mass is 300 g/mol. The Hall–Kier alpha value is -2.50. The molecule has 0 unspecified atom stereocenters. The number of nitrogens with zero attached hydrogens (tertiary/aromatic N) is 3. The average molecular weight is 300 g/mol. The zero-order valence-corrected chi connectivity index (χ0v) is 13.1. The van der Waals surface area contributed by atoms with Crippen LogP contribution in [-0.4, -0.2) is 34.4 Å². The maximum absolute atomic E-state index is 12.4. The highest BCUT2D eigenvalue weighted by molar-refractivity contribution is 5.89. The van der Waals surface area contributed by atoms with Gasteiger partial charge >= 0.3 is 6.03 Å². The van der Waals surface area contributed by atoms with Gasteiger partial charge in [-0.15, -0.1) is 0 Å². The van der Waals surface area contributed by atoms with E-state index in [-0.39, 0.29) is 6.03 Å². The molecular weight excluding hydrogens is 280 g/mol. The van der Waals surface area contributed by atoms with E-state index in [0.29, 0.717) is 13.1 Å². The summed E-state index contributed by atoms with van der Waals surface area (Å²) in [5.41, 5.74) is 4.18. The highest BCUT2D eigenvalue weighted by atomic mass is 16.5. The molecule has 0 radical (unpaired) electrons. The molecule has 0 atom stereocenters. The van der Waals surface area contributed by atoms with Crippen LogP contribution in [0.15, 0.2) is 24.3 Å². The third-order valence-corrected chi connectivity index (χ3v) is 4.06. The Labute approximate surface area is 129 Å². The topological polar surface area (TPSA) is 59.4 Å². The lowest BCUT2D eigenvalue weighted by atomic mass is 10.1. The number of carbonyl (C=O) groups excluding carboxylic acids is 1. The van der Waals surface area contributed by atoms with Crippen LogP contribution in [0.4, 0.5) is 10.5 Å². The summed E-state index contributed by atoms with van der Waals surface area (Å²) in [4.78, 5) is 14.2. The largest absolute Gasteiger partial charge is 0.497 e. The lowest BCUT2D eigenvalue weighted by molar-refractivity contribution is 0.204. The third-order valence-electron chi connectivity index (χ3n) is 4.06. The molecule has 0 saturated heterocycles. The van der Waals surface area contributed by atoms with E-state index in [1.807, 2.05) is 47.8 Å². The van der Waals surface area contributed by atoms with Gasteiger partial charge in [-0.25, -0.2) is 4.79 Å². The van der Waals surface area contributed by atoms with Crippen LogP contribution in [0.2, 0.25) is 0 Å². The third kappa shape index (κ3) is 2.64. The number of carbonyl (C=O) groups is 1. The van der Waals surface area contributed by atoms with Gasteiger partial charge in [-0.3, -0.25) is 4.68 Å². The normalized spacial score (nSPS) is 13.7. The van der Waals surface area contributed by atoms with Crippen molar-refractivity contribution in [3.8, 4) is 5.75 Å². The number of fused-ring (bicyclic) bond motifs is 1. The first kappa shape index (κ1) is 14.4. The smallest absolute Gasteiger partial charge is 0.322 e. The van der Waals surface area contributed by atoms with Crippen molar-refractivity contribution < 1.29 is 9.53 Å². The fourth-order valence-electron chi connectivity index (χ4n) is 2.86. The number of aryl methyl sites for hydroxylation is 2. The molecule has 116 valence electrons. The molecule has 1 aliphatic rings. The van der Waals surface area contributed by atoms with Crippen LogP contribution in [0.1, 0.15) is 17.0 Å². The van der Waals surface area contributed by atoms with Gasteiger partial charge in [0.2, 0.25) is 0 Å². The van der Waals surface area contributed by atoms with Crippen molar-refractivity contribution >= 4 is 11.7 Å². The van der Waals surface area contributed by atoms with Crippen LogP contribution in [-0.2, 0) is 20.0 Å². The molecule has 6 heteroatoms. The number of amides is 2. The van der Waals surface area contributed by atoms with E-state index in [0.717, 1.165) is 29.2 Å². The Morgan fingerprint density at radius 1 is 1.41 bits per heavy atom. The van der Waals surface area contributed by atoms with Gasteiger partial charge in [0, 0.05) is 25.3 Å². The number of hydrogen-bond donors (Lipinski definition) is 1. The number of methoxy groups -OCH3 is 1. The van der Waals surface area contributed by atoms with Crippen molar-refractivity contribution in [3.63, 3.8) is 0 Å². The maximum atomic E-state index is 12.4. The first-order chi connectivity index (χ1) is 10.6. The van der Waals surface area contributed by atoms with Crippen LogP contribution < -0.4 is 10.1 Å². The number of rotatable bonds is 2. The summed E-state index contributed by atoms with van der Waals surface area (Å²) < 4.78 is 7.04. The molecule has 1 N–H and O–H groups in total. The second-order valence-electron chi connectivity index (χ2n) is 5.47. The van der Waals surface area contributed by atoms with Gasteiger partial charge in [-0.05, 0) is 31.0 Å². The number of benzene rings is 1. The first-order valence-electron chi connectivity index (χ1n) is 7.30. The van der Waals surface area contributed by atoms with Crippen LogP contribution in [0, 0.1) is 6.92 Å². The Bertz CT molecular complexity index is 708. The van der Waals surface area contributed by atoms with E-state index < -0.39 is 0 Å². The highest BCUT2D eigenvalue weighted by Crippen LogP contribution is 2.23. The predicted octanol–water partition coefficient (Wildman–Crippen LogP) is 2.33. The number of nitrogens with one attached hydrogen (secondary N) is 1. The molecule has 3 rings (SSSR count). The minimum Gasteiger partial charge on any atom is -0.497 e. The molecule has 1 aromatic carbocycles. The van der Waals surface area contributed by atoms with E-state index >= 15 is 0 Å². The zero-order valence-electron chi connectivity index (χ0n) is 13.1. The molecule has 2 heterocycles. The van der Waals surface area contributed by atoms with Crippen molar-refractivity contribution in [2.45, 2.75) is 19.9 Å². The molecule has 0 saturated carbocycles. The Morgan fingerprint density at radius 2 is 2.23 bits per heavy atom. The van der Waals surface area contributed by atoms with Crippen molar-refractivity contribution in [2.24, 2.45) is 7.05 Å².